The van der Waals surface area contributed by atoms with Gasteiger partial charge in [0.2, 0.25) is 0 Å². The van der Waals surface area contributed by atoms with E-state index >= 15 is 0 Å². The zero-order chi connectivity index (χ0) is 15.5. The van der Waals surface area contributed by atoms with Crippen molar-refractivity contribution in [3.05, 3.63) is 29.3 Å². The number of para-hydroxylation sites is 1. The lowest BCUT2D eigenvalue weighted by Gasteiger charge is -2.18. The second kappa shape index (κ2) is 6.23. The van der Waals surface area contributed by atoms with Crippen LogP contribution in [0.3, 0.4) is 0 Å². The van der Waals surface area contributed by atoms with Crippen molar-refractivity contribution in [2.24, 2.45) is 0 Å². The Kier molecular flexibility index (Phi) is 4.78. The Hall–Kier alpha value is -1.27. The van der Waals surface area contributed by atoms with Gasteiger partial charge in [-0.3, -0.25) is 0 Å². The van der Waals surface area contributed by atoms with Crippen LogP contribution < -0.4 is 10.1 Å². The fourth-order valence-electron chi connectivity index (χ4n) is 2.37. The minimum Gasteiger partial charge on any atom is -0.487 e. The van der Waals surface area contributed by atoms with E-state index in [4.69, 9.17) is 4.74 Å². The van der Waals surface area contributed by atoms with Crippen molar-refractivity contribution in [2.45, 2.75) is 38.6 Å². The van der Waals surface area contributed by atoms with Crippen molar-refractivity contribution in [3.8, 4) is 5.75 Å². The molecule has 0 saturated carbocycles. The molecule has 1 aromatic rings. The van der Waals surface area contributed by atoms with Gasteiger partial charge in [0, 0.05) is 25.1 Å². The normalized spacial score (nSPS) is 16.6. The molecule has 0 atom stereocenters. The van der Waals surface area contributed by atoms with Gasteiger partial charge in [0.1, 0.15) is 18.0 Å². The third-order valence-electron chi connectivity index (χ3n) is 3.18. The monoisotopic (exact) mass is 303 g/mol. The molecule has 6 heteroatoms. The highest BCUT2D eigenvalue weighted by molar-refractivity contribution is 5.45. The lowest BCUT2D eigenvalue weighted by molar-refractivity contribution is -0.173. The van der Waals surface area contributed by atoms with Gasteiger partial charge in [0.15, 0.2) is 0 Å². The molecule has 118 valence electrons. The average molecular weight is 303 g/mol. The lowest BCUT2D eigenvalue weighted by Crippen LogP contribution is -2.25. The molecule has 2 rings (SSSR count). The van der Waals surface area contributed by atoms with Gasteiger partial charge < -0.3 is 14.8 Å². The molecule has 1 heterocycles. The maximum atomic E-state index is 11.9. The summed E-state index contributed by atoms with van der Waals surface area (Å²) < 4.78 is 46.1. The van der Waals surface area contributed by atoms with Gasteiger partial charge in [-0.2, -0.15) is 13.2 Å². The summed E-state index contributed by atoms with van der Waals surface area (Å²) in [6.07, 6.45) is -3.40. The summed E-state index contributed by atoms with van der Waals surface area (Å²) in [5.41, 5.74) is 2.00. The van der Waals surface area contributed by atoms with Crippen LogP contribution in [-0.4, -0.2) is 31.5 Å². The van der Waals surface area contributed by atoms with Crippen LogP contribution >= 0.6 is 0 Å². The molecule has 0 aromatic heterocycles. The molecule has 0 fully saturated rings. The number of fused-ring (bicyclic) bond motifs is 1. The second-order valence-corrected chi connectivity index (χ2v) is 5.79. The molecule has 0 bridgehead atoms. The van der Waals surface area contributed by atoms with Gasteiger partial charge in [0.05, 0.1) is 6.61 Å². The van der Waals surface area contributed by atoms with E-state index in [1.165, 1.54) is 5.56 Å². The number of alkyl halides is 3. The Morgan fingerprint density at radius 2 is 2.10 bits per heavy atom. The molecular weight excluding hydrogens is 283 g/mol. The second-order valence-electron chi connectivity index (χ2n) is 5.79. The van der Waals surface area contributed by atoms with Crippen molar-refractivity contribution < 1.29 is 22.6 Å². The third kappa shape index (κ3) is 4.89. The van der Waals surface area contributed by atoms with Crippen LogP contribution in [0.4, 0.5) is 13.2 Å². The van der Waals surface area contributed by atoms with E-state index in [1.54, 1.807) is 0 Å². The maximum Gasteiger partial charge on any atom is 0.411 e. The standard InChI is InChI=1S/C15H20F3NO2/c1-14(2)8-11-4-3-5-12(13(11)21-14)9-19-6-7-20-10-15(16,17)18/h3-5,19H,6-10H2,1-2H3. The fraction of sp³-hybridized carbons (Fsp3) is 0.600. The van der Waals surface area contributed by atoms with Crippen LogP contribution in [0, 0.1) is 0 Å². The summed E-state index contributed by atoms with van der Waals surface area (Å²) in [6, 6.07) is 5.98. The summed E-state index contributed by atoms with van der Waals surface area (Å²) in [7, 11) is 0. The number of nitrogens with one attached hydrogen (secondary N) is 1. The first kappa shape index (κ1) is 16.1. The van der Waals surface area contributed by atoms with E-state index < -0.39 is 12.8 Å². The molecule has 0 spiro atoms. The summed E-state index contributed by atoms with van der Waals surface area (Å²) in [5.74, 6) is 0.895. The van der Waals surface area contributed by atoms with Crippen molar-refractivity contribution in [3.63, 3.8) is 0 Å². The Balaban J connectivity index is 1.77. The van der Waals surface area contributed by atoms with Crippen molar-refractivity contribution in [2.75, 3.05) is 19.8 Å². The Morgan fingerprint density at radius 3 is 2.81 bits per heavy atom. The quantitative estimate of drug-likeness (QED) is 0.819. The molecule has 0 saturated heterocycles. The molecule has 0 amide bonds. The van der Waals surface area contributed by atoms with E-state index in [-0.39, 0.29) is 12.2 Å². The first-order valence-corrected chi connectivity index (χ1v) is 6.92. The third-order valence-corrected chi connectivity index (χ3v) is 3.18. The molecule has 3 nitrogen and oxygen atoms in total. The molecular formula is C15H20F3NO2. The zero-order valence-electron chi connectivity index (χ0n) is 12.2. The van der Waals surface area contributed by atoms with Crippen molar-refractivity contribution >= 4 is 0 Å². The molecule has 0 unspecified atom stereocenters. The summed E-state index contributed by atoms with van der Waals surface area (Å²) in [5, 5.41) is 3.07. The van der Waals surface area contributed by atoms with Crippen molar-refractivity contribution in [1.82, 2.24) is 5.32 Å². The van der Waals surface area contributed by atoms with Gasteiger partial charge in [-0.05, 0) is 19.4 Å². The predicted octanol–water partition coefficient (Wildman–Crippen LogP) is 3.07. The Bertz CT molecular complexity index is 486. The predicted molar refractivity (Wildman–Crippen MR) is 73.4 cm³/mol. The summed E-state index contributed by atoms with van der Waals surface area (Å²) >= 11 is 0. The minimum absolute atomic E-state index is 0.0287. The fourth-order valence-corrected chi connectivity index (χ4v) is 2.37. The number of rotatable bonds is 6. The molecule has 0 aliphatic carbocycles. The number of ether oxygens (including phenoxy) is 2. The molecule has 1 aromatic carbocycles. The maximum absolute atomic E-state index is 11.9. The van der Waals surface area contributed by atoms with Gasteiger partial charge in [-0.1, -0.05) is 18.2 Å². The van der Waals surface area contributed by atoms with E-state index in [0.717, 1.165) is 17.7 Å². The van der Waals surface area contributed by atoms with E-state index in [9.17, 15) is 13.2 Å². The van der Waals surface area contributed by atoms with Gasteiger partial charge in [-0.15, -0.1) is 0 Å². The topological polar surface area (TPSA) is 30.5 Å². The first-order valence-electron chi connectivity index (χ1n) is 6.92. The largest absolute Gasteiger partial charge is 0.487 e. The highest BCUT2D eigenvalue weighted by Crippen LogP contribution is 2.37. The SMILES string of the molecule is CC1(C)Cc2cccc(CNCCOCC(F)(F)F)c2O1. The van der Waals surface area contributed by atoms with Gasteiger partial charge in [-0.25, -0.2) is 0 Å². The first-order chi connectivity index (χ1) is 9.77. The number of halogens is 3. The van der Waals surface area contributed by atoms with Crippen LogP contribution in [0.1, 0.15) is 25.0 Å². The molecule has 1 N–H and O–H groups in total. The highest BCUT2D eigenvalue weighted by Gasteiger charge is 2.31. The lowest BCUT2D eigenvalue weighted by atomic mass is 10.0. The number of hydrogen-bond acceptors (Lipinski definition) is 3. The van der Waals surface area contributed by atoms with Crippen molar-refractivity contribution in [1.29, 1.82) is 0 Å². The minimum atomic E-state index is -4.26. The molecule has 21 heavy (non-hydrogen) atoms. The zero-order valence-corrected chi connectivity index (χ0v) is 12.2. The smallest absolute Gasteiger partial charge is 0.411 e. The Labute approximate surface area is 122 Å². The Morgan fingerprint density at radius 1 is 1.33 bits per heavy atom. The van der Waals surface area contributed by atoms with E-state index in [0.29, 0.717) is 13.1 Å². The van der Waals surface area contributed by atoms with Crippen LogP contribution in [0.2, 0.25) is 0 Å². The summed E-state index contributed by atoms with van der Waals surface area (Å²) in [4.78, 5) is 0. The molecule has 0 radical (unpaired) electrons. The van der Waals surface area contributed by atoms with E-state index in [1.807, 2.05) is 32.0 Å². The van der Waals surface area contributed by atoms with Gasteiger partial charge in [0.25, 0.3) is 0 Å². The number of benzene rings is 1. The van der Waals surface area contributed by atoms with Crippen LogP contribution in [-0.2, 0) is 17.7 Å². The van der Waals surface area contributed by atoms with Gasteiger partial charge >= 0.3 is 6.18 Å². The van der Waals surface area contributed by atoms with Crippen LogP contribution in [0.25, 0.3) is 0 Å². The number of hydrogen-bond donors (Lipinski definition) is 1. The van der Waals surface area contributed by atoms with Crippen LogP contribution in [0.15, 0.2) is 18.2 Å². The molecule has 1 aliphatic rings. The van der Waals surface area contributed by atoms with Crippen LogP contribution in [0.5, 0.6) is 5.75 Å². The highest BCUT2D eigenvalue weighted by atomic mass is 19.4. The summed E-state index contributed by atoms with van der Waals surface area (Å²) in [6.45, 7) is 3.82. The average Bonchev–Trinajstić information content (AvgIpc) is 2.67. The molecule has 1 aliphatic heterocycles. The van der Waals surface area contributed by atoms with E-state index in [2.05, 4.69) is 10.1 Å².